The van der Waals surface area contributed by atoms with Crippen LogP contribution in [0.25, 0.3) is 10.6 Å². The quantitative estimate of drug-likeness (QED) is 0.493. The molecule has 4 rings (SSSR count). The van der Waals surface area contributed by atoms with Gasteiger partial charge in [0.2, 0.25) is 0 Å². The van der Waals surface area contributed by atoms with Crippen LogP contribution >= 0.6 is 11.3 Å². The molecule has 160 valence electrons. The second-order valence-corrected chi connectivity index (χ2v) is 8.49. The lowest BCUT2D eigenvalue weighted by Gasteiger charge is -2.12. The van der Waals surface area contributed by atoms with Crippen LogP contribution in [0.15, 0.2) is 53.9 Å². The fourth-order valence-electron chi connectivity index (χ4n) is 3.59. The number of aromatic nitrogens is 1. The van der Waals surface area contributed by atoms with E-state index in [9.17, 15) is 9.59 Å². The highest BCUT2D eigenvalue weighted by atomic mass is 32.1. The molecule has 1 saturated carbocycles. The predicted molar refractivity (Wildman–Crippen MR) is 121 cm³/mol. The Bertz CT molecular complexity index is 1040. The summed E-state index contributed by atoms with van der Waals surface area (Å²) in [5, 5.41) is 14.1. The normalized spacial score (nSPS) is 13.8. The predicted octanol–water partition coefficient (Wildman–Crippen LogP) is 5.40. The van der Waals surface area contributed by atoms with Crippen LogP contribution in [0.5, 0.6) is 5.75 Å². The van der Waals surface area contributed by atoms with Crippen LogP contribution in [0.1, 0.15) is 48.2 Å². The van der Waals surface area contributed by atoms with Crippen molar-refractivity contribution < 1.29 is 19.4 Å². The van der Waals surface area contributed by atoms with Gasteiger partial charge >= 0.3 is 5.97 Å². The van der Waals surface area contributed by atoms with Crippen molar-refractivity contribution >= 4 is 28.9 Å². The van der Waals surface area contributed by atoms with E-state index in [0.29, 0.717) is 23.9 Å². The van der Waals surface area contributed by atoms with Gasteiger partial charge in [0.15, 0.2) is 0 Å². The number of carboxylic acid groups (broad SMARTS) is 1. The van der Waals surface area contributed by atoms with E-state index < -0.39 is 5.97 Å². The maximum atomic E-state index is 12.5. The van der Waals surface area contributed by atoms with Crippen molar-refractivity contribution in [3.05, 3.63) is 65.2 Å². The molecule has 6 nitrogen and oxygen atoms in total. The van der Waals surface area contributed by atoms with Gasteiger partial charge in [0.1, 0.15) is 16.5 Å². The third kappa shape index (κ3) is 5.70. The number of carboxylic acids is 1. The molecule has 2 aromatic carbocycles. The van der Waals surface area contributed by atoms with Gasteiger partial charge in [0, 0.05) is 23.1 Å². The molecule has 1 aliphatic carbocycles. The van der Waals surface area contributed by atoms with Gasteiger partial charge in [-0.25, -0.2) is 4.98 Å². The van der Waals surface area contributed by atoms with Crippen LogP contribution in [-0.4, -0.2) is 28.1 Å². The third-order valence-electron chi connectivity index (χ3n) is 5.28. The molecule has 31 heavy (non-hydrogen) atoms. The molecule has 0 bridgehead atoms. The summed E-state index contributed by atoms with van der Waals surface area (Å²) in [5.41, 5.74) is 2.87. The Hall–Kier alpha value is -3.19. The van der Waals surface area contributed by atoms with E-state index in [0.717, 1.165) is 34.7 Å². The van der Waals surface area contributed by atoms with E-state index in [4.69, 9.17) is 9.84 Å². The Morgan fingerprint density at radius 3 is 2.45 bits per heavy atom. The SMILES string of the molecule is O=C(O)CCc1ccc(NC(=O)c2csc(-c3ccc(OC4CCCC4)cc3)n2)cc1. The summed E-state index contributed by atoms with van der Waals surface area (Å²) in [6.07, 6.45) is 5.59. The van der Waals surface area contributed by atoms with Crippen molar-refractivity contribution in [2.45, 2.75) is 44.6 Å². The number of benzene rings is 2. The Morgan fingerprint density at radius 2 is 1.77 bits per heavy atom. The van der Waals surface area contributed by atoms with Crippen molar-refractivity contribution in [1.82, 2.24) is 4.98 Å². The molecule has 1 aromatic heterocycles. The molecule has 3 aromatic rings. The Labute approximate surface area is 184 Å². The highest BCUT2D eigenvalue weighted by Crippen LogP contribution is 2.28. The lowest BCUT2D eigenvalue weighted by Crippen LogP contribution is -2.12. The Kier molecular flexibility index (Phi) is 6.62. The molecule has 0 saturated heterocycles. The molecule has 2 N–H and O–H groups in total. The van der Waals surface area contributed by atoms with Gasteiger partial charge in [0.25, 0.3) is 5.91 Å². The van der Waals surface area contributed by atoms with E-state index in [1.807, 2.05) is 36.4 Å². The van der Waals surface area contributed by atoms with E-state index in [2.05, 4.69) is 10.3 Å². The number of rotatable bonds is 8. The lowest BCUT2D eigenvalue weighted by molar-refractivity contribution is -0.136. The standard InChI is InChI=1S/C24H24N2O4S/c27-22(28)14-7-16-5-10-18(11-6-16)25-23(29)21-15-31-24(26-21)17-8-12-20(13-9-17)30-19-3-1-2-4-19/h5-6,8-13,15,19H,1-4,7,14H2,(H,25,29)(H,27,28). The zero-order valence-electron chi connectivity index (χ0n) is 17.0. The fraction of sp³-hybridized carbons (Fsp3) is 0.292. The fourth-order valence-corrected chi connectivity index (χ4v) is 4.39. The summed E-state index contributed by atoms with van der Waals surface area (Å²) >= 11 is 1.42. The zero-order chi connectivity index (χ0) is 21.6. The van der Waals surface area contributed by atoms with Crippen molar-refractivity contribution in [1.29, 1.82) is 0 Å². The number of aryl methyl sites for hydroxylation is 1. The van der Waals surface area contributed by atoms with Crippen molar-refractivity contribution in [3.8, 4) is 16.3 Å². The van der Waals surface area contributed by atoms with Gasteiger partial charge < -0.3 is 15.2 Å². The van der Waals surface area contributed by atoms with Crippen LogP contribution in [0, 0.1) is 0 Å². The molecule has 0 radical (unpaired) electrons. The highest BCUT2D eigenvalue weighted by Gasteiger charge is 2.17. The maximum absolute atomic E-state index is 12.5. The number of carbonyl (C=O) groups excluding carboxylic acids is 1. The molecule has 1 amide bonds. The summed E-state index contributed by atoms with van der Waals surface area (Å²) in [7, 11) is 0. The number of ether oxygens (including phenoxy) is 1. The largest absolute Gasteiger partial charge is 0.490 e. The van der Waals surface area contributed by atoms with Gasteiger partial charge in [-0.3, -0.25) is 9.59 Å². The topological polar surface area (TPSA) is 88.5 Å². The summed E-state index contributed by atoms with van der Waals surface area (Å²) < 4.78 is 6.00. The Balaban J connectivity index is 1.35. The average molecular weight is 437 g/mol. The molecule has 0 aliphatic heterocycles. The first kappa shape index (κ1) is 21.1. The van der Waals surface area contributed by atoms with E-state index in [1.165, 1.54) is 24.2 Å². The molecule has 0 unspecified atom stereocenters. The lowest BCUT2D eigenvalue weighted by atomic mass is 10.1. The average Bonchev–Trinajstić information content (AvgIpc) is 3.46. The first-order valence-corrected chi connectivity index (χ1v) is 11.3. The van der Waals surface area contributed by atoms with E-state index >= 15 is 0 Å². The summed E-state index contributed by atoms with van der Waals surface area (Å²) in [4.78, 5) is 27.7. The minimum absolute atomic E-state index is 0.0843. The number of nitrogens with zero attached hydrogens (tertiary/aromatic N) is 1. The number of aliphatic carboxylic acids is 1. The third-order valence-corrected chi connectivity index (χ3v) is 6.17. The zero-order valence-corrected chi connectivity index (χ0v) is 17.9. The first-order chi connectivity index (χ1) is 15.1. The number of hydrogen-bond donors (Lipinski definition) is 2. The van der Waals surface area contributed by atoms with E-state index in [-0.39, 0.29) is 12.3 Å². The van der Waals surface area contributed by atoms with Crippen LogP contribution < -0.4 is 10.1 Å². The van der Waals surface area contributed by atoms with Gasteiger partial charge in [-0.05, 0) is 74.1 Å². The highest BCUT2D eigenvalue weighted by molar-refractivity contribution is 7.13. The van der Waals surface area contributed by atoms with Gasteiger partial charge in [-0.1, -0.05) is 12.1 Å². The van der Waals surface area contributed by atoms with Crippen LogP contribution in [0.4, 0.5) is 5.69 Å². The summed E-state index contributed by atoms with van der Waals surface area (Å²) in [5.74, 6) is -0.230. The van der Waals surface area contributed by atoms with Crippen molar-refractivity contribution in [2.24, 2.45) is 0 Å². The second kappa shape index (κ2) is 9.75. The number of thiazole rings is 1. The van der Waals surface area contributed by atoms with Gasteiger partial charge in [-0.2, -0.15) is 0 Å². The number of hydrogen-bond acceptors (Lipinski definition) is 5. The minimum Gasteiger partial charge on any atom is -0.490 e. The van der Waals surface area contributed by atoms with E-state index in [1.54, 1.807) is 17.5 Å². The molecule has 0 atom stereocenters. The number of carbonyl (C=O) groups is 2. The van der Waals surface area contributed by atoms with Crippen molar-refractivity contribution in [3.63, 3.8) is 0 Å². The number of anilines is 1. The molecule has 1 heterocycles. The Morgan fingerprint density at radius 1 is 1.06 bits per heavy atom. The van der Waals surface area contributed by atoms with Crippen molar-refractivity contribution in [2.75, 3.05) is 5.32 Å². The van der Waals surface area contributed by atoms with Crippen LogP contribution in [0.3, 0.4) is 0 Å². The molecular formula is C24H24N2O4S. The molecule has 1 aliphatic rings. The molecule has 1 fully saturated rings. The molecular weight excluding hydrogens is 412 g/mol. The summed E-state index contributed by atoms with van der Waals surface area (Å²) in [6.45, 7) is 0. The molecule has 0 spiro atoms. The number of nitrogens with one attached hydrogen (secondary N) is 1. The van der Waals surface area contributed by atoms with Crippen LogP contribution in [0.2, 0.25) is 0 Å². The smallest absolute Gasteiger partial charge is 0.303 e. The summed E-state index contributed by atoms with van der Waals surface area (Å²) in [6, 6.07) is 15.0. The minimum atomic E-state index is -0.826. The first-order valence-electron chi connectivity index (χ1n) is 10.4. The maximum Gasteiger partial charge on any atom is 0.303 e. The van der Waals surface area contributed by atoms with Crippen LogP contribution in [-0.2, 0) is 11.2 Å². The van der Waals surface area contributed by atoms with Gasteiger partial charge in [0.05, 0.1) is 6.10 Å². The second-order valence-electron chi connectivity index (χ2n) is 7.63. The number of amides is 1. The van der Waals surface area contributed by atoms with Gasteiger partial charge in [-0.15, -0.1) is 11.3 Å². The molecule has 7 heteroatoms. The monoisotopic (exact) mass is 436 g/mol.